The molecule has 0 N–H and O–H groups in total. The van der Waals surface area contributed by atoms with Crippen molar-refractivity contribution in [3.05, 3.63) is 59.7 Å². The fraction of sp³-hybridized carbons (Fsp3) is 0. The monoisotopic (exact) mass is 234 g/mol. The summed E-state index contributed by atoms with van der Waals surface area (Å²) in [5.41, 5.74) is 1.29. The highest BCUT2D eigenvalue weighted by Crippen LogP contribution is 2.30. The summed E-state index contributed by atoms with van der Waals surface area (Å²) in [5, 5.41) is 3.31. The number of fused-ring (bicyclic) bond motifs is 2. The molecule has 0 radical (unpaired) electrons. The lowest BCUT2D eigenvalue weighted by atomic mass is 9.93. The first-order chi connectivity index (χ1) is 8.86. The van der Waals surface area contributed by atoms with E-state index in [0.29, 0.717) is 11.1 Å². The van der Waals surface area contributed by atoms with E-state index in [4.69, 9.17) is 0 Å². The van der Waals surface area contributed by atoms with Gasteiger partial charge in [0.05, 0.1) is 0 Å². The van der Waals surface area contributed by atoms with E-state index in [1.54, 1.807) is 0 Å². The predicted molar refractivity (Wildman–Crippen MR) is 72.2 cm³/mol. The Hall–Kier alpha value is -2.48. The third kappa shape index (κ3) is 1.36. The second-order valence-electron chi connectivity index (χ2n) is 4.15. The summed E-state index contributed by atoms with van der Waals surface area (Å²) in [6.45, 7) is 0. The van der Waals surface area contributed by atoms with Crippen LogP contribution in [0.15, 0.2) is 48.5 Å². The van der Waals surface area contributed by atoms with Gasteiger partial charge in [0, 0.05) is 11.1 Å². The van der Waals surface area contributed by atoms with Gasteiger partial charge in [-0.15, -0.1) is 0 Å². The minimum Gasteiger partial charge on any atom is -0.298 e. The third-order valence-electron chi connectivity index (χ3n) is 3.25. The number of carbonyl (C=O) groups is 2. The Bertz CT molecular complexity index is 649. The number of hydrogen-bond donors (Lipinski definition) is 0. The van der Waals surface area contributed by atoms with Crippen LogP contribution in [0.1, 0.15) is 20.7 Å². The number of benzene rings is 3. The van der Waals surface area contributed by atoms with Gasteiger partial charge >= 0.3 is 0 Å². The van der Waals surface area contributed by atoms with Gasteiger partial charge in [-0.25, -0.2) is 0 Å². The molecule has 0 aromatic heterocycles. The molecule has 0 saturated heterocycles. The molecule has 86 valence electrons. The highest BCUT2D eigenvalue weighted by Gasteiger charge is 2.11. The Labute approximate surface area is 104 Å². The largest absolute Gasteiger partial charge is 0.298 e. The fourth-order valence-corrected chi connectivity index (χ4v) is 2.45. The van der Waals surface area contributed by atoms with Gasteiger partial charge in [-0.05, 0) is 21.5 Å². The van der Waals surface area contributed by atoms with Crippen LogP contribution in [0.2, 0.25) is 0 Å². The molecule has 0 fully saturated rings. The molecule has 0 aliphatic rings. The summed E-state index contributed by atoms with van der Waals surface area (Å²) in [4.78, 5) is 22.7. The Morgan fingerprint density at radius 3 is 1.06 bits per heavy atom. The maximum absolute atomic E-state index is 11.3. The van der Waals surface area contributed by atoms with E-state index in [9.17, 15) is 9.59 Å². The quantitative estimate of drug-likeness (QED) is 0.501. The molecule has 18 heavy (non-hydrogen) atoms. The molecule has 0 heterocycles. The van der Waals surface area contributed by atoms with E-state index in [1.807, 2.05) is 48.5 Å². The second-order valence-corrected chi connectivity index (χ2v) is 4.15. The average molecular weight is 234 g/mol. The van der Waals surface area contributed by atoms with Crippen LogP contribution in [0.25, 0.3) is 21.5 Å². The molecule has 0 amide bonds. The van der Waals surface area contributed by atoms with Crippen molar-refractivity contribution in [1.29, 1.82) is 0 Å². The van der Waals surface area contributed by atoms with Crippen LogP contribution >= 0.6 is 0 Å². The molecule has 3 aromatic rings. The Kier molecular flexibility index (Phi) is 2.41. The molecule has 0 aliphatic carbocycles. The van der Waals surface area contributed by atoms with Crippen molar-refractivity contribution >= 4 is 34.1 Å². The first-order valence-corrected chi connectivity index (χ1v) is 5.70. The molecular formula is C16H10O2. The van der Waals surface area contributed by atoms with Crippen LogP contribution in [0.3, 0.4) is 0 Å². The van der Waals surface area contributed by atoms with Crippen LogP contribution in [0.4, 0.5) is 0 Å². The minimum absolute atomic E-state index is 0.645. The minimum atomic E-state index is 0.645. The van der Waals surface area contributed by atoms with Gasteiger partial charge in [-0.2, -0.15) is 0 Å². The van der Waals surface area contributed by atoms with Crippen LogP contribution in [-0.4, -0.2) is 12.6 Å². The first kappa shape index (κ1) is 10.7. The summed E-state index contributed by atoms with van der Waals surface area (Å²) in [7, 11) is 0. The molecule has 0 aliphatic heterocycles. The fourth-order valence-electron chi connectivity index (χ4n) is 2.45. The van der Waals surface area contributed by atoms with Gasteiger partial charge in [-0.1, -0.05) is 48.5 Å². The van der Waals surface area contributed by atoms with E-state index >= 15 is 0 Å². The van der Waals surface area contributed by atoms with E-state index in [2.05, 4.69) is 0 Å². The number of rotatable bonds is 2. The first-order valence-electron chi connectivity index (χ1n) is 5.70. The summed E-state index contributed by atoms with van der Waals surface area (Å²) >= 11 is 0. The van der Waals surface area contributed by atoms with Gasteiger partial charge in [0.1, 0.15) is 0 Å². The second kappa shape index (κ2) is 4.08. The van der Waals surface area contributed by atoms with Crippen LogP contribution in [-0.2, 0) is 0 Å². The Morgan fingerprint density at radius 1 is 0.556 bits per heavy atom. The Morgan fingerprint density at radius 2 is 0.833 bits per heavy atom. The summed E-state index contributed by atoms with van der Waals surface area (Å²) in [5.74, 6) is 0. The van der Waals surface area contributed by atoms with Gasteiger partial charge in [0.15, 0.2) is 12.6 Å². The predicted octanol–water partition coefficient (Wildman–Crippen LogP) is 3.62. The van der Waals surface area contributed by atoms with Crippen molar-refractivity contribution in [2.24, 2.45) is 0 Å². The maximum Gasteiger partial charge on any atom is 0.151 e. The van der Waals surface area contributed by atoms with Crippen molar-refractivity contribution < 1.29 is 9.59 Å². The summed E-state index contributed by atoms with van der Waals surface area (Å²) in [6.07, 6.45) is 1.72. The average Bonchev–Trinajstić information content (AvgIpc) is 2.44. The van der Waals surface area contributed by atoms with Crippen molar-refractivity contribution in [3.8, 4) is 0 Å². The lowest BCUT2D eigenvalue weighted by molar-refractivity contribution is 0.111. The topological polar surface area (TPSA) is 34.1 Å². The van der Waals surface area contributed by atoms with Crippen molar-refractivity contribution in [1.82, 2.24) is 0 Å². The lowest BCUT2D eigenvalue weighted by Gasteiger charge is -2.09. The molecule has 3 rings (SSSR count). The third-order valence-corrected chi connectivity index (χ3v) is 3.25. The van der Waals surface area contributed by atoms with Gasteiger partial charge in [0.25, 0.3) is 0 Å². The number of carbonyl (C=O) groups excluding carboxylic acids is 2. The van der Waals surface area contributed by atoms with Gasteiger partial charge in [-0.3, -0.25) is 9.59 Å². The van der Waals surface area contributed by atoms with E-state index in [1.165, 1.54) is 0 Å². The van der Waals surface area contributed by atoms with Crippen molar-refractivity contribution in [2.75, 3.05) is 0 Å². The molecular weight excluding hydrogens is 224 g/mol. The number of hydrogen-bond acceptors (Lipinski definition) is 2. The zero-order valence-corrected chi connectivity index (χ0v) is 9.59. The summed E-state index contributed by atoms with van der Waals surface area (Å²) < 4.78 is 0. The normalized spacial score (nSPS) is 10.7. The molecule has 0 spiro atoms. The standard InChI is InChI=1S/C16H10O2/c17-9-15-11-5-1-2-6-12(11)16(10-18)14-8-4-3-7-13(14)15/h1-10H. The maximum atomic E-state index is 11.3. The Balaban J connectivity index is 2.70. The van der Waals surface area contributed by atoms with Crippen molar-refractivity contribution in [2.45, 2.75) is 0 Å². The number of aldehydes is 2. The van der Waals surface area contributed by atoms with Gasteiger partial charge in [0.2, 0.25) is 0 Å². The lowest BCUT2D eigenvalue weighted by Crippen LogP contribution is -1.93. The molecule has 0 bridgehead atoms. The molecule has 2 nitrogen and oxygen atoms in total. The zero-order chi connectivity index (χ0) is 12.5. The molecule has 2 heteroatoms. The SMILES string of the molecule is O=Cc1c2ccccc2c(C=O)c2ccccc12. The highest BCUT2D eigenvalue weighted by molar-refractivity contribution is 6.19. The van der Waals surface area contributed by atoms with Crippen molar-refractivity contribution in [3.63, 3.8) is 0 Å². The molecule has 0 saturated carbocycles. The molecule has 3 aromatic carbocycles. The smallest absolute Gasteiger partial charge is 0.151 e. The summed E-state index contributed by atoms with van der Waals surface area (Å²) in [6, 6.07) is 15.0. The van der Waals surface area contributed by atoms with E-state index < -0.39 is 0 Å². The van der Waals surface area contributed by atoms with E-state index in [0.717, 1.165) is 34.1 Å². The molecule has 0 atom stereocenters. The van der Waals surface area contributed by atoms with Crippen LogP contribution in [0, 0.1) is 0 Å². The highest BCUT2D eigenvalue weighted by atomic mass is 16.1. The van der Waals surface area contributed by atoms with Crippen LogP contribution < -0.4 is 0 Å². The van der Waals surface area contributed by atoms with E-state index in [-0.39, 0.29) is 0 Å². The molecule has 0 unspecified atom stereocenters. The van der Waals surface area contributed by atoms with Crippen LogP contribution in [0.5, 0.6) is 0 Å². The van der Waals surface area contributed by atoms with Gasteiger partial charge < -0.3 is 0 Å². The zero-order valence-electron chi connectivity index (χ0n) is 9.59.